The van der Waals surface area contributed by atoms with Crippen molar-refractivity contribution in [1.82, 2.24) is 9.97 Å². The molecule has 1 aromatic heterocycles. The third-order valence-electron chi connectivity index (χ3n) is 4.78. The second-order valence-corrected chi connectivity index (χ2v) is 7.37. The first-order chi connectivity index (χ1) is 15.6. The average molecular weight is 444 g/mol. The van der Waals surface area contributed by atoms with Crippen LogP contribution in [-0.4, -0.2) is 17.1 Å². The van der Waals surface area contributed by atoms with Gasteiger partial charge in [-0.3, -0.25) is 4.79 Å². The summed E-state index contributed by atoms with van der Waals surface area (Å²) in [7, 11) is 1.55. The number of ether oxygens (including phenoxy) is 2. The Hall–Kier alpha value is -4.08. The molecule has 0 radical (unpaired) electrons. The molecule has 0 saturated carbocycles. The van der Waals surface area contributed by atoms with Gasteiger partial charge in [0, 0.05) is 5.02 Å². The van der Waals surface area contributed by atoms with Crippen LogP contribution < -0.4 is 15.0 Å². The van der Waals surface area contributed by atoms with Crippen LogP contribution in [-0.2, 0) is 6.61 Å². The minimum absolute atomic E-state index is 0.177. The molecule has 0 amide bonds. The van der Waals surface area contributed by atoms with Crippen LogP contribution in [0.1, 0.15) is 17.0 Å². The smallest absolute Gasteiger partial charge is 0.259 e. The van der Waals surface area contributed by atoms with E-state index in [1.807, 2.05) is 30.3 Å². The SMILES string of the molecule is COc1cc(/C=C(\C#N)c2nc3ccc(Cl)cc3c(=O)[nH]2)ccc1OCc1ccccc1. The Balaban J connectivity index is 1.64. The molecule has 0 spiro atoms. The second kappa shape index (κ2) is 9.38. The first-order valence-corrected chi connectivity index (χ1v) is 10.1. The maximum atomic E-state index is 12.4. The minimum atomic E-state index is -0.365. The number of allylic oxidation sites excluding steroid dienone is 1. The van der Waals surface area contributed by atoms with Gasteiger partial charge in [-0.1, -0.05) is 48.0 Å². The molecule has 1 heterocycles. The van der Waals surface area contributed by atoms with Crippen LogP contribution in [0.2, 0.25) is 5.02 Å². The number of rotatable bonds is 6. The van der Waals surface area contributed by atoms with Crippen LogP contribution in [0.4, 0.5) is 0 Å². The molecule has 0 unspecified atom stereocenters. The topological polar surface area (TPSA) is 88.0 Å². The number of methoxy groups -OCH3 is 1. The van der Waals surface area contributed by atoms with Gasteiger partial charge in [0.05, 0.1) is 23.6 Å². The first kappa shape index (κ1) is 21.2. The summed E-state index contributed by atoms with van der Waals surface area (Å²) < 4.78 is 11.3. The summed E-state index contributed by atoms with van der Waals surface area (Å²) in [6, 6.07) is 22.1. The fourth-order valence-corrected chi connectivity index (χ4v) is 3.36. The van der Waals surface area contributed by atoms with Gasteiger partial charge < -0.3 is 14.5 Å². The maximum Gasteiger partial charge on any atom is 0.259 e. The Morgan fingerprint density at radius 1 is 1.12 bits per heavy atom. The molecule has 4 rings (SSSR count). The maximum absolute atomic E-state index is 12.4. The van der Waals surface area contributed by atoms with E-state index in [0.717, 1.165) is 5.56 Å². The highest BCUT2D eigenvalue weighted by Gasteiger charge is 2.11. The zero-order valence-electron chi connectivity index (χ0n) is 17.1. The summed E-state index contributed by atoms with van der Waals surface area (Å²) >= 11 is 5.96. The summed E-state index contributed by atoms with van der Waals surface area (Å²) in [5.74, 6) is 1.29. The van der Waals surface area contributed by atoms with Crippen molar-refractivity contribution < 1.29 is 9.47 Å². The monoisotopic (exact) mass is 443 g/mol. The van der Waals surface area contributed by atoms with Crippen molar-refractivity contribution in [2.45, 2.75) is 6.61 Å². The van der Waals surface area contributed by atoms with E-state index in [2.05, 4.69) is 16.0 Å². The average Bonchev–Trinajstić information content (AvgIpc) is 2.82. The van der Waals surface area contributed by atoms with Gasteiger partial charge in [0.1, 0.15) is 12.7 Å². The number of nitrogens with one attached hydrogen (secondary N) is 1. The zero-order chi connectivity index (χ0) is 22.5. The van der Waals surface area contributed by atoms with Crippen LogP contribution in [0.25, 0.3) is 22.6 Å². The van der Waals surface area contributed by atoms with Crippen LogP contribution >= 0.6 is 11.6 Å². The van der Waals surface area contributed by atoms with Crippen molar-refractivity contribution in [3.05, 3.63) is 99.1 Å². The van der Waals surface area contributed by atoms with E-state index in [1.54, 1.807) is 49.6 Å². The molecule has 6 nitrogen and oxygen atoms in total. The van der Waals surface area contributed by atoms with E-state index in [0.29, 0.717) is 39.6 Å². The first-order valence-electron chi connectivity index (χ1n) is 9.74. The van der Waals surface area contributed by atoms with Gasteiger partial charge in [-0.15, -0.1) is 0 Å². The molecule has 0 aliphatic rings. The molecule has 1 N–H and O–H groups in total. The molecular weight excluding hydrogens is 426 g/mol. The third kappa shape index (κ3) is 4.64. The van der Waals surface area contributed by atoms with Crippen LogP contribution in [0.5, 0.6) is 11.5 Å². The van der Waals surface area contributed by atoms with Crippen molar-refractivity contribution in [1.29, 1.82) is 5.26 Å². The molecule has 0 bridgehead atoms. The van der Waals surface area contributed by atoms with Gasteiger partial charge in [-0.05, 0) is 47.5 Å². The van der Waals surface area contributed by atoms with Crippen LogP contribution in [0, 0.1) is 11.3 Å². The fraction of sp³-hybridized carbons (Fsp3) is 0.0800. The molecule has 32 heavy (non-hydrogen) atoms. The highest BCUT2D eigenvalue weighted by molar-refractivity contribution is 6.31. The lowest BCUT2D eigenvalue weighted by Crippen LogP contribution is -2.11. The molecule has 0 aliphatic heterocycles. The second-order valence-electron chi connectivity index (χ2n) is 6.93. The molecule has 0 atom stereocenters. The molecule has 7 heteroatoms. The van der Waals surface area contributed by atoms with E-state index in [-0.39, 0.29) is 17.0 Å². The van der Waals surface area contributed by atoms with Crippen LogP contribution in [0.15, 0.2) is 71.5 Å². The number of nitrogens with zero attached hydrogens (tertiary/aromatic N) is 2. The van der Waals surface area contributed by atoms with Crippen molar-refractivity contribution in [2.24, 2.45) is 0 Å². The summed E-state index contributed by atoms with van der Waals surface area (Å²) in [5, 5.41) is 10.5. The number of aromatic nitrogens is 2. The number of hydrogen-bond donors (Lipinski definition) is 1. The van der Waals surface area contributed by atoms with Gasteiger partial charge in [0.2, 0.25) is 0 Å². The third-order valence-corrected chi connectivity index (χ3v) is 5.01. The number of nitriles is 1. The highest BCUT2D eigenvalue weighted by atomic mass is 35.5. The van der Waals surface area contributed by atoms with Crippen molar-refractivity contribution in [3.63, 3.8) is 0 Å². The molecule has 0 saturated heterocycles. The fourth-order valence-electron chi connectivity index (χ4n) is 3.19. The lowest BCUT2D eigenvalue weighted by Gasteiger charge is -2.11. The van der Waals surface area contributed by atoms with Gasteiger partial charge in [0.25, 0.3) is 5.56 Å². The molecule has 4 aromatic rings. The normalized spacial score (nSPS) is 11.2. The quantitative estimate of drug-likeness (QED) is 0.412. The number of hydrogen-bond acceptors (Lipinski definition) is 5. The van der Waals surface area contributed by atoms with Crippen LogP contribution in [0.3, 0.4) is 0 Å². The zero-order valence-corrected chi connectivity index (χ0v) is 17.9. The summed E-state index contributed by atoms with van der Waals surface area (Å²) in [5.41, 5.74) is 2.04. The summed E-state index contributed by atoms with van der Waals surface area (Å²) in [6.07, 6.45) is 1.63. The molecule has 0 aliphatic carbocycles. The Labute approximate surface area is 189 Å². The Morgan fingerprint density at radius 3 is 2.69 bits per heavy atom. The molecule has 3 aromatic carbocycles. The Morgan fingerprint density at radius 2 is 1.94 bits per heavy atom. The van der Waals surface area contributed by atoms with E-state index >= 15 is 0 Å². The van der Waals surface area contributed by atoms with Gasteiger partial charge >= 0.3 is 0 Å². The number of halogens is 1. The number of H-pyrrole nitrogens is 1. The van der Waals surface area contributed by atoms with E-state index in [9.17, 15) is 10.1 Å². The molecular formula is C25H18ClN3O3. The summed E-state index contributed by atoms with van der Waals surface area (Å²) in [6.45, 7) is 0.405. The largest absolute Gasteiger partial charge is 0.493 e. The van der Waals surface area contributed by atoms with Gasteiger partial charge in [-0.2, -0.15) is 5.26 Å². The molecule has 0 fully saturated rings. The lowest BCUT2D eigenvalue weighted by atomic mass is 10.1. The van der Waals surface area contributed by atoms with E-state index < -0.39 is 0 Å². The van der Waals surface area contributed by atoms with Crippen molar-refractivity contribution in [3.8, 4) is 17.6 Å². The van der Waals surface area contributed by atoms with Gasteiger partial charge in [0.15, 0.2) is 17.3 Å². The van der Waals surface area contributed by atoms with Gasteiger partial charge in [-0.25, -0.2) is 4.98 Å². The number of aromatic amines is 1. The minimum Gasteiger partial charge on any atom is -0.493 e. The molecule has 158 valence electrons. The highest BCUT2D eigenvalue weighted by Crippen LogP contribution is 2.30. The van der Waals surface area contributed by atoms with E-state index in [4.69, 9.17) is 21.1 Å². The lowest BCUT2D eigenvalue weighted by molar-refractivity contribution is 0.284. The standard InChI is InChI=1S/C25H18ClN3O3/c1-31-23-12-17(7-10-22(23)32-15-16-5-3-2-4-6-16)11-18(14-27)24-28-21-9-8-19(26)13-20(21)25(30)29-24/h2-13H,15H2,1H3,(H,28,29,30)/b18-11+. The predicted octanol–water partition coefficient (Wildman–Crippen LogP) is 5.23. The van der Waals surface area contributed by atoms with Crippen molar-refractivity contribution in [2.75, 3.05) is 7.11 Å². The van der Waals surface area contributed by atoms with Crippen molar-refractivity contribution >= 4 is 34.2 Å². The Kier molecular flexibility index (Phi) is 6.20. The van der Waals surface area contributed by atoms with E-state index in [1.165, 1.54) is 0 Å². The number of fused-ring (bicyclic) bond motifs is 1. The summed E-state index contributed by atoms with van der Waals surface area (Å²) in [4.78, 5) is 19.5. The Bertz CT molecular complexity index is 1410. The number of benzene rings is 3. The predicted molar refractivity (Wildman–Crippen MR) is 125 cm³/mol.